The molecular formula is C12H11F2NO. The van der Waals surface area contributed by atoms with Crippen LogP contribution in [-0.2, 0) is 6.42 Å². The summed E-state index contributed by atoms with van der Waals surface area (Å²) >= 11 is 0. The third-order valence-corrected chi connectivity index (χ3v) is 3.00. The summed E-state index contributed by atoms with van der Waals surface area (Å²) in [6, 6.07) is 3.37. The van der Waals surface area contributed by atoms with Gasteiger partial charge in [-0.15, -0.1) is 0 Å². The summed E-state index contributed by atoms with van der Waals surface area (Å²) in [7, 11) is 0. The van der Waals surface area contributed by atoms with Crippen LogP contribution < -0.4 is 0 Å². The highest BCUT2D eigenvalue weighted by molar-refractivity contribution is 5.25. The van der Waals surface area contributed by atoms with Gasteiger partial charge in [0.15, 0.2) is 0 Å². The predicted octanol–water partition coefficient (Wildman–Crippen LogP) is 2.32. The van der Waals surface area contributed by atoms with Crippen molar-refractivity contribution in [1.29, 1.82) is 0 Å². The SMILES string of the molecule is [C-]#[N+]C1(Cc2ccc(F)cc2F)CC(O)C1. The fourth-order valence-electron chi connectivity index (χ4n) is 2.11. The molecule has 1 aromatic rings. The second-order valence-corrected chi connectivity index (χ2v) is 4.31. The van der Waals surface area contributed by atoms with Crippen LogP contribution in [0.5, 0.6) is 0 Å². The van der Waals surface area contributed by atoms with Crippen LogP contribution in [0.3, 0.4) is 0 Å². The Bertz CT molecular complexity index is 447. The van der Waals surface area contributed by atoms with Gasteiger partial charge >= 0.3 is 0 Å². The summed E-state index contributed by atoms with van der Waals surface area (Å²) in [5.74, 6) is -1.24. The van der Waals surface area contributed by atoms with Crippen LogP contribution in [0.15, 0.2) is 18.2 Å². The number of aliphatic hydroxyl groups excluding tert-OH is 1. The molecule has 0 radical (unpaired) electrons. The van der Waals surface area contributed by atoms with Crippen molar-refractivity contribution < 1.29 is 13.9 Å². The fraction of sp³-hybridized carbons (Fsp3) is 0.417. The van der Waals surface area contributed by atoms with Gasteiger partial charge in [0.2, 0.25) is 5.54 Å². The molecule has 1 saturated carbocycles. The van der Waals surface area contributed by atoms with E-state index in [-0.39, 0.29) is 6.42 Å². The van der Waals surface area contributed by atoms with Gasteiger partial charge in [-0.05, 0) is 11.6 Å². The van der Waals surface area contributed by atoms with Crippen LogP contribution in [-0.4, -0.2) is 16.7 Å². The number of benzene rings is 1. The highest BCUT2D eigenvalue weighted by Gasteiger charge is 2.50. The molecule has 2 rings (SSSR count). The zero-order chi connectivity index (χ0) is 11.8. The Balaban J connectivity index is 2.18. The molecule has 0 spiro atoms. The zero-order valence-corrected chi connectivity index (χ0v) is 8.58. The van der Waals surface area contributed by atoms with E-state index in [0.29, 0.717) is 18.4 Å². The molecule has 0 bridgehead atoms. The Morgan fingerprint density at radius 2 is 2.12 bits per heavy atom. The maximum absolute atomic E-state index is 13.4. The van der Waals surface area contributed by atoms with E-state index in [1.807, 2.05) is 0 Å². The molecule has 84 valence electrons. The first-order valence-corrected chi connectivity index (χ1v) is 5.05. The number of rotatable bonds is 2. The predicted molar refractivity (Wildman–Crippen MR) is 54.6 cm³/mol. The largest absolute Gasteiger partial charge is 0.392 e. The summed E-state index contributed by atoms with van der Waals surface area (Å²) in [6.45, 7) is 7.08. The van der Waals surface area contributed by atoms with Crippen LogP contribution in [0.1, 0.15) is 18.4 Å². The average Bonchev–Trinajstić information content (AvgIpc) is 2.19. The lowest BCUT2D eigenvalue weighted by atomic mass is 9.71. The van der Waals surface area contributed by atoms with E-state index in [4.69, 9.17) is 6.57 Å². The van der Waals surface area contributed by atoms with Crippen LogP contribution in [0, 0.1) is 18.2 Å². The second kappa shape index (κ2) is 3.84. The average molecular weight is 223 g/mol. The number of hydrogen-bond acceptors (Lipinski definition) is 1. The lowest BCUT2D eigenvalue weighted by molar-refractivity contribution is 0.0414. The molecule has 2 nitrogen and oxygen atoms in total. The summed E-state index contributed by atoms with van der Waals surface area (Å²) < 4.78 is 26.0. The molecule has 0 saturated heterocycles. The standard InChI is InChI=1S/C12H11F2NO/c1-15-12(6-10(16)7-12)5-8-2-3-9(13)4-11(8)14/h2-4,10,16H,5-7H2. The Hall–Kier alpha value is -1.47. The highest BCUT2D eigenvalue weighted by atomic mass is 19.1. The van der Waals surface area contributed by atoms with Crippen molar-refractivity contribution in [2.45, 2.75) is 30.9 Å². The first-order chi connectivity index (χ1) is 7.54. The number of hydrogen-bond donors (Lipinski definition) is 1. The second-order valence-electron chi connectivity index (χ2n) is 4.31. The third kappa shape index (κ3) is 1.91. The molecule has 1 aromatic carbocycles. The van der Waals surface area contributed by atoms with E-state index in [9.17, 15) is 13.9 Å². The molecule has 0 aliphatic heterocycles. The molecule has 1 fully saturated rings. The minimum absolute atomic E-state index is 0.236. The summed E-state index contributed by atoms with van der Waals surface area (Å²) in [5.41, 5.74) is -0.359. The molecule has 0 heterocycles. The van der Waals surface area contributed by atoms with Crippen molar-refractivity contribution in [1.82, 2.24) is 0 Å². The van der Waals surface area contributed by atoms with Gasteiger partial charge < -0.3 is 9.95 Å². The monoisotopic (exact) mass is 223 g/mol. The van der Waals surface area contributed by atoms with Gasteiger partial charge in [0, 0.05) is 6.07 Å². The Morgan fingerprint density at radius 3 is 2.62 bits per heavy atom. The molecule has 0 atom stereocenters. The number of nitrogens with zero attached hydrogens (tertiary/aromatic N) is 1. The minimum atomic E-state index is -0.696. The lowest BCUT2D eigenvalue weighted by Crippen LogP contribution is -2.46. The van der Waals surface area contributed by atoms with E-state index < -0.39 is 23.3 Å². The van der Waals surface area contributed by atoms with Crippen molar-refractivity contribution in [2.24, 2.45) is 0 Å². The van der Waals surface area contributed by atoms with Crippen LogP contribution in [0.25, 0.3) is 4.85 Å². The van der Waals surface area contributed by atoms with Gasteiger partial charge in [-0.1, -0.05) is 6.07 Å². The van der Waals surface area contributed by atoms with Gasteiger partial charge in [-0.2, -0.15) is 0 Å². The number of aliphatic hydroxyl groups is 1. The van der Waals surface area contributed by atoms with Crippen molar-refractivity contribution in [3.8, 4) is 0 Å². The van der Waals surface area contributed by atoms with Crippen molar-refractivity contribution in [2.75, 3.05) is 0 Å². The summed E-state index contributed by atoms with van der Waals surface area (Å²) in [5, 5.41) is 9.21. The van der Waals surface area contributed by atoms with Gasteiger partial charge in [-0.25, -0.2) is 15.4 Å². The highest BCUT2D eigenvalue weighted by Crippen LogP contribution is 2.39. The normalized spacial score (nSPS) is 28.2. The molecular weight excluding hydrogens is 212 g/mol. The molecule has 0 amide bonds. The van der Waals surface area contributed by atoms with Crippen molar-refractivity contribution in [3.05, 3.63) is 46.8 Å². The van der Waals surface area contributed by atoms with Crippen LogP contribution in [0.4, 0.5) is 8.78 Å². The molecule has 0 unspecified atom stereocenters. The maximum Gasteiger partial charge on any atom is 0.241 e. The first kappa shape index (κ1) is 11.0. The Morgan fingerprint density at radius 1 is 1.44 bits per heavy atom. The summed E-state index contributed by atoms with van der Waals surface area (Å²) in [6.07, 6.45) is 0.512. The van der Waals surface area contributed by atoms with Gasteiger partial charge in [0.25, 0.3) is 0 Å². The molecule has 0 aromatic heterocycles. The Labute approximate surface area is 92.3 Å². The topological polar surface area (TPSA) is 24.6 Å². The first-order valence-electron chi connectivity index (χ1n) is 5.05. The van der Waals surface area contributed by atoms with E-state index in [2.05, 4.69) is 4.85 Å². The molecule has 1 aliphatic carbocycles. The van der Waals surface area contributed by atoms with Gasteiger partial charge in [0.1, 0.15) is 11.6 Å². The molecule has 1 aliphatic rings. The smallest absolute Gasteiger partial charge is 0.241 e. The van der Waals surface area contributed by atoms with E-state index in [1.165, 1.54) is 12.1 Å². The third-order valence-electron chi connectivity index (χ3n) is 3.00. The fourth-order valence-corrected chi connectivity index (χ4v) is 2.11. The van der Waals surface area contributed by atoms with Crippen LogP contribution in [0.2, 0.25) is 0 Å². The van der Waals surface area contributed by atoms with Gasteiger partial charge in [0.05, 0.1) is 25.4 Å². The van der Waals surface area contributed by atoms with E-state index in [0.717, 1.165) is 6.07 Å². The van der Waals surface area contributed by atoms with Crippen molar-refractivity contribution >= 4 is 0 Å². The zero-order valence-electron chi connectivity index (χ0n) is 8.58. The summed E-state index contributed by atoms with van der Waals surface area (Å²) in [4.78, 5) is 3.46. The number of halogens is 2. The van der Waals surface area contributed by atoms with E-state index >= 15 is 0 Å². The molecule has 4 heteroatoms. The van der Waals surface area contributed by atoms with Gasteiger partial charge in [-0.3, -0.25) is 0 Å². The lowest BCUT2D eigenvalue weighted by Gasteiger charge is -2.34. The maximum atomic E-state index is 13.4. The van der Waals surface area contributed by atoms with Crippen molar-refractivity contribution in [3.63, 3.8) is 0 Å². The van der Waals surface area contributed by atoms with E-state index in [1.54, 1.807) is 0 Å². The molecule has 1 N–H and O–H groups in total. The minimum Gasteiger partial charge on any atom is -0.392 e. The molecule has 16 heavy (non-hydrogen) atoms. The quantitative estimate of drug-likeness (QED) is 0.764. The van der Waals surface area contributed by atoms with Crippen LogP contribution >= 0.6 is 0 Å². The Kier molecular flexibility index (Phi) is 2.64.